The summed E-state index contributed by atoms with van der Waals surface area (Å²) in [7, 11) is -1.27. The van der Waals surface area contributed by atoms with Crippen LogP contribution in [0.4, 0.5) is 0 Å². The molecule has 160 valence electrons. The number of fused-ring (bicyclic) bond motifs is 1. The van der Waals surface area contributed by atoms with E-state index < -0.39 is 11.0 Å². The summed E-state index contributed by atoms with van der Waals surface area (Å²) < 4.78 is 29.5. The molecule has 0 bridgehead atoms. The molecule has 29 heavy (non-hydrogen) atoms. The quantitative estimate of drug-likeness (QED) is 0.635. The van der Waals surface area contributed by atoms with Gasteiger partial charge >= 0.3 is 0 Å². The molecule has 2 saturated carbocycles. The summed E-state index contributed by atoms with van der Waals surface area (Å²) in [6, 6.07) is 6.46. The van der Waals surface area contributed by atoms with Crippen LogP contribution in [0.3, 0.4) is 0 Å². The number of rotatable bonds is 6. The van der Waals surface area contributed by atoms with Gasteiger partial charge in [-0.2, -0.15) is 4.40 Å². The first-order chi connectivity index (χ1) is 13.8. The van der Waals surface area contributed by atoms with Crippen molar-refractivity contribution in [3.05, 3.63) is 29.3 Å². The molecule has 1 aromatic carbocycles. The summed E-state index contributed by atoms with van der Waals surface area (Å²) >= 11 is 0. The van der Waals surface area contributed by atoms with Crippen molar-refractivity contribution >= 4 is 16.7 Å². The number of hydrogen-bond acceptors (Lipinski definition) is 3. The molecule has 3 aliphatic carbocycles. The van der Waals surface area contributed by atoms with Crippen LogP contribution in [0.15, 0.2) is 22.6 Å². The lowest BCUT2D eigenvalue weighted by Crippen LogP contribution is -2.37. The molecular formula is C24H35NO3S. The Labute approximate surface area is 178 Å². The van der Waals surface area contributed by atoms with Gasteiger partial charge in [0.25, 0.3) is 0 Å². The molecule has 1 spiro atoms. The maximum absolute atomic E-state index is 13.0. The second-order valence-corrected chi connectivity index (χ2v) is 11.9. The third kappa shape index (κ3) is 4.61. The van der Waals surface area contributed by atoms with E-state index in [0.717, 1.165) is 68.3 Å². The second-order valence-electron chi connectivity index (χ2n) is 9.99. The summed E-state index contributed by atoms with van der Waals surface area (Å²) in [6.07, 6.45) is 8.10. The zero-order valence-electron chi connectivity index (χ0n) is 18.3. The first-order valence-electron chi connectivity index (χ1n) is 11.2. The van der Waals surface area contributed by atoms with Gasteiger partial charge < -0.3 is 9.47 Å². The summed E-state index contributed by atoms with van der Waals surface area (Å²) in [5.74, 6) is 1.65. The van der Waals surface area contributed by atoms with E-state index in [4.69, 9.17) is 13.9 Å². The minimum absolute atomic E-state index is 0.00798. The van der Waals surface area contributed by atoms with Gasteiger partial charge in [-0.3, -0.25) is 0 Å². The van der Waals surface area contributed by atoms with Crippen molar-refractivity contribution in [3.8, 4) is 5.75 Å². The molecule has 0 radical (unpaired) electrons. The van der Waals surface area contributed by atoms with Gasteiger partial charge in [-0.1, -0.05) is 6.07 Å². The molecule has 1 atom stereocenters. The summed E-state index contributed by atoms with van der Waals surface area (Å²) in [5, 5.41) is 0. The highest BCUT2D eigenvalue weighted by Gasteiger charge is 2.46. The molecule has 2 fully saturated rings. The lowest BCUT2D eigenvalue weighted by atomic mass is 9.70. The Balaban J connectivity index is 1.64. The van der Waals surface area contributed by atoms with E-state index in [2.05, 4.69) is 25.1 Å². The maximum atomic E-state index is 13.0. The van der Waals surface area contributed by atoms with Crippen LogP contribution < -0.4 is 4.74 Å². The fraction of sp³-hybridized carbons (Fsp3) is 0.708. The Hall–Kier alpha value is -1.20. The highest BCUT2D eigenvalue weighted by atomic mass is 32.2. The standard InChI is InChI=1S/C24H35NO3S/c1-5-27-19-10-12-24(13-11-19)15-18-8-9-20(28-16-17-6-7-17)14-21(18)22(24)25-29(26)23(2,3)4/h8-9,14,17,19H,5-7,10-13,15-16H2,1-4H3. The first-order valence-corrected chi connectivity index (χ1v) is 12.3. The van der Waals surface area contributed by atoms with Crippen LogP contribution in [0, 0.1) is 11.3 Å². The Morgan fingerprint density at radius 1 is 1.17 bits per heavy atom. The van der Waals surface area contributed by atoms with Gasteiger partial charge in [0.05, 0.1) is 23.2 Å². The molecule has 0 saturated heterocycles. The van der Waals surface area contributed by atoms with E-state index in [0.29, 0.717) is 6.10 Å². The predicted molar refractivity (Wildman–Crippen MR) is 119 cm³/mol. The molecule has 4 rings (SSSR count). The number of hydrogen-bond donors (Lipinski definition) is 0. The van der Waals surface area contributed by atoms with Crippen molar-refractivity contribution in [1.29, 1.82) is 0 Å². The molecule has 0 aromatic heterocycles. The smallest absolute Gasteiger partial charge is 0.145 e. The highest BCUT2D eigenvalue weighted by Crippen LogP contribution is 2.49. The fourth-order valence-corrected chi connectivity index (χ4v) is 5.31. The van der Waals surface area contributed by atoms with Crippen molar-refractivity contribution in [3.63, 3.8) is 0 Å². The molecule has 0 heterocycles. The van der Waals surface area contributed by atoms with E-state index >= 15 is 0 Å². The van der Waals surface area contributed by atoms with Gasteiger partial charge in [-0.05, 0) is 96.3 Å². The van der Waals surface area contributed by atoms with E-state index in [1.807, 2.05) is 20.8 Å². The predicted octanol–water partition coefficient (Wildman–Crippen LogP) is 5.25. The zero-order valence-corrected chi connectivity index (χ0v) is 19.1. The normalized spacial score (nSPS) is 29.2. The van der Waals surface area contributed by atoms with Gasteiger partial charge in [0.1, 0.15) is 16.7 Å². The van der Waals surface area contributed by atoms with E-state index in [9.17, 15) is 4.21 Å². The average Bonchev–Trinajstić information content (AvgIpc) is 3.46. The Morgan fingerprint density at radius 3 is 2.52 bits per heavy atom. The molecule has 0 amide bonds. The topological polar surface area (TPSA) is 47.9 Å². The van der Waals surface area contributed by atoms with Crippen molar-refractivity contribution in [2.45, 2.75) is 83.5 Å². The van der Waals surface area contributed by atoms with Crippen LogP contribution >= 0.6 is 0 Å². The molecule has 1 unspecified atom stereocenters. The van der Waals surface area contributed by atoms with Crippen LogP contribution in [-0.4, -0.2) is 34.0 Å². The Bertz CT molecular complexity index is 799. The lowest BCUT2D eigenvalue weighted by molar-refractivity contribution is 0.0180. The highest BCUT2D eigenvalue weighted by molar-refractivity contribution is 7.85. The summed E-state index contributed by atoms with van der Waals surface area (Å²) in [4.78, 5) is 0. The largest absolute Gasteiger partial charge is 0.493 e. The van der Waals surface area contributed by atoms with E-state index in [-0.39, 0.29) is 10.2 Å². The lowest BCUT2D eigenvalue weighted by Gasteiger charge is -2.37. The van der Waals surface area contributed by atoms with Crippen molar-refractivity contribution in [1.82, 2.24) is 0 Å². The van der Waals surface area contributed by atoms with Gasteiger partial charge in [0.2, 0.25) is 0 Å². The van der Waals surface area contributed by atoms with Gasteiger partial charge in [0.15, 0.2) is 0 Å². The van der Waals surface area contributed by atoms with Crippen LogP contribution in [0.5, 0.6) is 5.75 Å². The summed E-state index contributed by atoms with van der Waals surface area (Å²) in [6.45, 7) is 9.64. The molecule has 4 nitrogen and oxygen atoms in total. The SMILES string of the molecule is CCOC1CCC2(CC1)Cc1ccc(OCC3CC3)cc1C2=NS(=O)C(C)(C)C. The zero-order chi connectivity index (χ0) is 20.6. The number of nitrogens with zero attached hydrogens (tertiary/aromatic N) is 1. The molecule has 0 aliphatic heterocycles. The molecule has 5 heteroatoms. The first kappa shape index (κ1) is 21.0. The van der Waals surface area contributed by atoms with Crippen LogP contribution in [0.2, 0.25) is 0 Å². The second kappa shape index (κ2) is 8.14. The molecule has 3 aliphatic rings. The van der Waals surface area contributed by atoms with Crippen LogP contribution in [-0.2, 0) is 22.1 Å². The average molecular weight is 418 g/mol. The monoisotopic (exact) mass is 417 g/mol. The fourth-order valence-electron chi connectivity index (χ4n) is 4.58. The maximum Gasteiger partial charge on any atom is 0.145 e. The Kier molecular flexibility index (Phi) is 5.91. The van der Waals surface area contributed by atoms with Gasteiger partial charge in [0, 0.05) is 17.6 Å². The van der Waals surface area contributed by atoms with Gasteiger partial charge in [-0.25, -0.2) is 4.21 Å². The third-order valence-corrected chi connectivity index (χ3v) is 7.94. The third-order valence-electron chi connectivity index (χ3n) is 6.54. The molecule has 0 N–H and O–H groups in total. The van der Waals surface area contributed by atoms with E-state index in [1.165, 1.54) is 18.4 Å². The van der Waals surface area contributed by atoms with Crippen LogP contribution in [0.1, 0.15) is 77.3 Å². The summed E-state index contributed by atoms with van der Waals surface area (Å²) in [5.41, 5.74) is 3.52. The van der Waals surface area contributed by atoms with Crippen LogP contribution in [0.25, 0.3) is 0 Å². The Morgan fingerprint density at radius 2 is 1.90 bits per heavy atom. The molecular weight excluding hydrogens is 382 g/mol. The number of ether oxygens (including phenoxy) is 2. The minimum Gasteiger partial charge on any atom is -0.493 e. The van der Waals surface area contributed by atoms with Gasteiger partial charge in [-0.15, -0.1) is 0 Å². The van der Waals surface area contributed by atoms with E-state index in [1.54, 1.807) is 0 Å². The number of benzene rings is 1. The van der Waals surface area contributed by atoms with Crippen molar-refractivity contribution in [2.75, 3.05) is 13.2 Å². The minimum atomic E-state index is -1.27. The molecule has 1 aromatic rings. The van der Waals surface area contributed by atoms with Crippen molar-refractivity contribution < 1.29 is 13.7 Å². The van der Waals surface area contributed by atoms with Crippen molar-refractivity contribution in [2.24, 2.45) is 15.7 Å².